The molecule has 1 unspecified atom stereocenters. The molecule has 1 aromatic carbocycles. The average Bonchev–Trinajstić information content (AvgIpc) is 3.54. The quantitative estimate of drug-likeness (QED) is 0.649. The van der Waals surface area contributed by atoms with Gasteiger partial charge in [0.1, 0.15) is 5.69 Å². The maximum absolute atomic E-state index is 13.8. The van der Waals surface area contributed by atoms with Crippen molar-refractivity contribution in [1.29, 1.82) is 0 Å². The van der Waals surface area contributed by atoms with Gasteiger partial charge in [-0.25, -0.2) is 0 Å². The molecule has 1 fully saturated rings. The number of aromatic nitrogens is 3. The van der Waals surface area contributed by atoms with E-state index in [9.17, 15) is 4.79 Å². The number of ether oxygens (including phenoxy) is 1. The van der Waals surface area contributed by atoms with Crippen molar-refractivity contribution in [3.05, 3.63) is 35.0 Å². The van der Waals surface area contributed by atoms with Crippen molar-refractivity contribution < 1.29 is 9.53 Å². The smallest absolute Gasteiger partial charge is 0.237 e. The molecule has 3 aromatic rings. The van der Waals surface area contributed by atoms with Crippen molar-refractivity contribution in [2.24, 2.45) is 0 Å². The summed E-state index contributed by atoms with van der Waals surface area (Å²) in [6.45, 7) is 5.76. The first-order valence-corrected chi connectivity index (χ1v) is 11.8. The summed E-state index contributed by atoms with van der Waals surface area (Å²) in [6, 6.07) is 4.53. The summed E-state index contributed by atoms with van der Waals surface area (Å²) in [5.74, 6) is 0.247. The summed E-state index contributed by atoms with van der Waals surface area (Å²) >= 11 is 0. The van der Waals surface area contributed by atoms with Crippen LogP contribution in [0.1, 0.15) is 62.6 Å². The van der Waals surface area contributed by atoms with Gasteiger partial charge >= 0.3 is 0 Å². The van der Waals surface area contributed by atoms with Gasteiger partial charge in [-0.15, -0.1) is 0 Å². The summed E-state index contributed by atoms with van der Waals surface area (Å²) in [6.07, 6.45) is 9.09. The Morgan fingerprint density at radius 3 is 2.87 bits per heavy atom. The van der Waals surface area contributed by atoms with Crippen LogP contribution in [-0.4, -0.2) is 40.3 Å². The maximum atomic E-state index is 13.8. The van der Waals surface area contributed by atoms with Gasteiger partial charge in [-0.3, -0.25) is 9.89 Å². The molecule has 1 saturated heterocycles. The highest BCUT2D eigenvalue weighted by molar-refractivity contribution is 6.11. The minimum absolute atomic E-state index is 0.145. The van der Waals surface area contributed by atoms with Crippen molar-refractivity contribution in [3.8, 4) is 11.4 Å². The average molecular weight is 419 g/mol. The molecule has 6 nitrogen and oxygen atoms in total. The molecule has 2 N–H and O–H groups in total. The van der Waals surface area contributed by atoms with Crippen molar-refractivity contribution in [1.82, 2.24) is 15.2 Å². The fourth-order valence-electron chi connectivity index (χ4n) is 6.12. The van der Waals surface area contributed by atoms with Gasteiger partial charge in [-0.2, -0.15) is 5.10 Å². The van der Waals surface area contributed by atoms with Gasteiger partial charge in [0.15, 0.2) is 0 Å². The lowest BCUT2D eigenvalue weighted by molar-refractivity contribution is -0.123. The van der Waals surface area contributed by atoms with Crippen molar-refractivity contribution in [2.45, 2.75) is 70.3 Å². The highest BCUT2D eigenvalue weighted by atomic mass is 16.5. The molecule has 1 amide bonds. The number of nitrogens with one attached hydrogen (secondary N) is 2. The van der Waals surface area contributed by atoms with Crippen LogP contribution in [0.4, 0.5) is 5.69 Å². The van der Waals surface area contributed by atoms with E-state index >= 15 is 0 Å². The molecule has 0 bridgehead atoms. The minimum Gasteiger partial charge on any atom is -0.376 e. The fourth-order valence-corrected chi connectivity index (χ4v) is 6.12. The van der Waals surface area contributed by atoms with Crippen LogP contribution in [0.15, 0.2) is 18.3 Å². The predicted molar refractivity (Wildman–Crippen MR) is 121 cm³/mol. The zero-order chi connectivity index (χ0) is 21.2. The zero-order valence-corrected chi connectivity index (χ0v) is 18.4. The van der Waals surface area contributed by atoms with E-state index in [4.69, 9.17) is 4.74 Å². The van der Waals surface area contributed by atoms with Gasteiger partial charge in [-0.1, -0.05) is 13.8 Å². The van der Waals surface area contributed by atoms with Crippen LogP contribution in [-0.2, 0) is 27.8 Å². The molecule has 31 heavy (non-hydrogen) atoms. The molecule has 2 aromatic heterocycles. The number of carbonyl (C=O) groups is 1. The molecule has 162 valence electrons. The molecule has 1 aliphatic carbocycles. The molecule has 6 heteroatoms. The van der Waals surface area contributed by atoms with Crippen molar-refractivity contribution in [3.63, 3.8) is 0 Å². The number of aryl methyl sites for hydroxylation is 2. The lowest BCUT2D eigenvalue weighted by Crippen LogP contribution is -2.42. The number of aromatic amines is 2. The number of amides is 1. The highest BCUT2D eigenvalue weighted by Crippen LogP contribution is 2.49. The molecule has 6 rings (SSSR count). The molecule has 0 radical (unpaired) electrons. The van der Waals surface area contributed by atoms with E-state index in [2.05, 4.69) is 41.2 Å². The van der Waals surface area contributed by atoms with E-state index < -0.39 is 5.41 Å². The first-order chi connectivity index (χ1) is 15.2. The van der Waals surface area contributed by atoms with E-state index in [0.717, 1.165) is 74.1 Å². The third-order valence-electron chi connectivity index (χ3n) is 7.93. The van der Waals surface area contributed by atoms with E-state index in [0.29, 0.717) is 6.54 Å². The third-order valence-corrected chi connectivity index (χ3v) is 7.93. The van der Waals surface area contributed by atoms with Gasteiger partial charge in [0.25, 0.3) is 0 Å². The Kier molecular flexibility index (Phi) is 4.29. The maximum Gasteiger partial charge on any atom is 0.237 e. The number of benzene rings is 1. The summed E-state index contributed by atoms with van der Waals surface area (Å²) in [4.78, 5) is 19.5. The molecule has 0 spiro atoms. The molecule has 0 saturated carbocycles. The lowest BCUT2D eigenvalue weighted by Gasteiger charge is -2.27. The number of H-pyrrole nitrogens is 2. The normalized spacial score (nSPS) is 21.9. The number of rotatable bonds is 4. The summed E-state index contributed by atoms with van der Waals surface area (Å²) in [5, 5.41) is 8.83. The highest BCUT2D eigenvalue weighted by Gasteiger charge is 2.49. The summed E-state index contributed by atoms with van der Waals surface area (Å²) in [5.41, 5.74) is 7.75. The van der Waals surface area contributed by atoms with E-state index in [1.165, 1.54) is 22.1 Å². The van der Waals surface area contributed by atoms with Gasteiger partial charge < -0.3 is 14.6 Å². The van der Waals surface area contributed by atoms with Gasteiger partial charge in [0.2, 0.25) is 5.91 Å². The predicted octanol–water partition coefficient (Wildman–Crippen LogP) is 4.63. The molecular weight excluding hydrogens is 388 g/mol. The second kappa shape index (κ2) is 6.95. The van der Waals surface area contributed by atoms with Crippen molar-refractivity contribution in [2.75, 3.05) is 18.1 Å². The zero-order valence-electron chi connectivity index (χ0n) is 18.4. The number of hydrogen-bond donors (Lipinski definition) is 2. The van der Waals surface area contributed by atoms with E-state index in [-0.39, 0.29) is 12.0 Å². The first-order valence-electron chi connectivity index (χ1n) is 11.8. The second-order valence-corrected chi connectivity index (χ2v) is 9.35. The van der Waals surface area contributed by atoms with Gasteiger partial charge in [0.05, 0.1) is 23.8 Å². The molecule has 1 atom stereocenters. The topological polar surface area (TPSA) is 74.0 Å². The summed E-state index contributed by atoms with van der Waals surface area (Å²) < 4.78 is 5.91. The molecular formula is C25H30N4O2. The number of fused-ring (bicyclic) bond motifs is 6. The molecule has 4 heterocycles. The van der Waals surface area contributed by atoms with E-state index in [1.54, 1.807) is 0 Å². The Balaban J connectivity index is 1.55. The monoisotopic (exact) mass is 418 g/mol. The largest absolute Gasteiger partial charge is 0.376 e. The van der Waals surface area contributed by atoms with Gasteiger partial charge in [0, 0.05) is 29.4 Å². The fraction of sp³-hybridized carbons (Fsp3) is 0.520. The van der Waals surface area contributed by atoms with Crippen LogP contribution < -0.4 is 4.90 Å². The van der Waals surface area contributed by atoms with Crippen LogP contribution in [0.5, 0.6) is 0 Å². The van der Waals surface area contributed by atoms with E-state index in [1.807, 2.05) is 11.1 Å². The van der Waals surface area contributed by atoms with Gasteiger partial charge in [-0.05, 0) is 73.8 Å². The van der Waals surface area contributed by atoms with Crippen LogP contribution in [0.2, 0.25) is 0 Å². The Morgan fingerprint density at radius 2 is 2.10 bits per heavy atom. The number of nitrogens with zero attached hydrogens (tertiary/aromatic N) is 2. The molecule has 2 aliphatic heterocycles. The first kappa shape index (κ1) is 19.1. The number of anilines is 1. The Morgan fingerprint density at radius 1 is 1.23 bits per heavy atom. The SMILES string of the molecule is CCC1(CC)C(=O)N(CC2CCCO2)c2cc3c4c([nH]c3cc21)-c1n[nH]cc1CCC4. The Hall–Kier alpha value is -2.60. The van der Waals surface area contributed by atoms with Crippen LogP contribution in [0.3, 0.4) is 0 Å². The number of carbonyl (C=O) groups excluding carboxylic acids is 1. The Labute approximate surface area is 182 Å². The third kappa shape index (κ3) is 2.60. The molecule has 3 aliphatic rings. The minimum atomic E-state index is -0.442. The Bertz CT molecular complexity index is 1160. The van der Waals surface area contributed by atoms with Crippen LogP contribution in [0, 0.1) is 0 Å². The van der Waals surface area contributed by atoms with Crippen LogP contribution >= 0.6 is 0 Å². The second-order valence-electron chi connectivity index (χ2n) is 9.35. The van der Waals surface area contributed by atoms with Crippen LogP contribution in [0.25, 0.3) is 22.3 Å². The van der Waals surface area contributed by atoms with Crippen molar-refractivity contribution >= 4 is 22.5 Å². The summed E-state index contributed by atoms with van der Waals surface area (Å²) in [7, 11) is 0. The standard InChI is InChI=1S/C25H30N4O2/c1-3-25(4-2)19-12-20-18(11-21(19)29(24(25)30)14-16-8-6-10-31-16)17-9-5-7-15-13-26-28-22(15)23(17)27-20/h11-13,16,27H,3-10,14H2,1-2H3,(H,26,28). The lowest BCUT2D eigenvalue weighted by atomic mass is 9.76. The number of hydrogen-bond acceptors (Lipinski definition) is 3.